The van der Waals surface area contributed by atoms with Crippen molar-refractivity contribution in [2.45, 2.75) is 43.4 Å². The molecule has 46 heavy (non-hydrogen) atoms. The van der Waals surface area contributed by atoms with Crippen LogP contribution >= 0.6 is 22.9 Å². The monoisotopic (exact) mass is 667 g/mol. The molecule has 0 bridgehead atoms. The molecule has 9 rings (SSSR count). The summed E-state index contributed by atoms with van der Waals surface area (Å²) in [7, 11) is 0. The first kappa shape index (κ1) is 28.6. The minimum atomic E-state index is -0.928. The Bertz CT molecular complexity index is 2020. The largest absolute Gasteiger partial charge is 0.489 e. The van der Waals surface area contributed by atoms with Gasteiger partial charge in [0.2, 0.25) is 0 Å². The fraction of sp³-hybridized carbons (Fsp3) is 0.469. The lowest BCUT2D eigenvalue weighted by atomic mass is 9.95. The lowest BCUT2D eigenvalue weighted by Crippen LogP contribution is -2.49. The van der Waals surface area contributed by atoms with E-state index in [0.29, 0.717) is 30.7 Å². The first-order valence-electron chi connectivity index (χ1n) is 15.5. The molecule has 5 aliphatic rings. The Morgan fingerprint density at radius 3 is 2.83 bits per heavy atom. The highest BCUT2D eigenvalue weighted by Crippen LogP contribution is 2.56. The van der Waals surface area contributed by atoms with Crippen LogP contribution in [0, 0.1) is 28.4 Å². The second-order valence-electron chi connectivity index (χ2n) is 13.2. The molecule has 3 N–H and O–H groups in total. The lowest BCUT2D eigenvalue weighted by molar-refractivity contribution is 0.107. The fourth-order valence-corrected chi connectivity index (χ4v) is 9.57. The van der Waals surface area contributed by atoms with Crippen molar-refractivity contribution >= 4 is 54.7 Å². The van der Waals surface area contributed by atoms with Crippen molar-refractivity contribution in [2.24, 2.45) is 5.41 Å². The maximum absolute atomic E-state index is 17.1. The van der Waals surface area contributed by atoms with E-state index >= 15 is 4.39 Å². The van der Waals surface area contributed by atoms with Gasteiger partial charge >= 0.3 is 6.01 Å². The molecule has 4 aliphatic heterocycles. The van der Waals surface area contributed by atoms with Crippen molar-refractivity contribution in [3.05, 3.63) is 34.4 Å². The van der Waals surface area contributed by atoms with Gasteiger partial charge in [-0.1, -0.05) is 17.7 Å². The van der Waals surface area contributed by atoms with E-state index in [-0.39, 0.29) is 78.7 Å². The van der Waals surface area contributed by atoms with Crippen LogP contribution in [0.4, 0.5) is 24.0 Å². The second kappa shape index (κ2) is 9.97. The van der Waals surface area contributed by atoms with E-state index in [1.807, 2.05) is 6.07 Å². The Morgan fingerprint density at radius 2 is 2.07 bits per heavy atom. The lowest BCUT2D eigenvalue weighted by Gasteiger charge is -2.33. The van der Waals surface area contributed by atoms with Crippen molar-refractivity contribution in [3.63, 3.8) is 0 Å². The molecule has 4 fully saturated rings. The van der Waals surface area contributed by atoms with Gasteiger partial charge < -0.3 is 25.4 Å². The number of halogens is 4. The summed E-state index contributed by atoms with van der Waals surface area (Å²) in [5, 5.41) is 13.9. The average molecular weight is 668 g/mol. The van der Waals surface area contributed by atoms with Crippen molar-refractivity contribution in [1.29, 1.82) is 5.26 Å². The van der Waals surface area contributed by atoms with Gasteiger partial charge in [0.25, 0.3) is 0 Å². The summed E-state index contributed by atoms with van der Waals surface area (Å²) in [6, 6.07) is 4.81. The Balaban J connectivity index is 1.25. The third-order valence-corrected chi connectivity index (χ3v) is 12.1. The molecule has 1 unspecified atom stereocenters. The summed E-state index contributed by atoms with van der Waals surface area (Å²) < 4.78 is 59.3. The molecular weight excluding hydrogens is 639 g/mol. The first-order valence-corrected chi connectivity index (χ1v) is 16.7. The normalized spacial score (nSPS) is 26.2. The number of hydrogen-bond acceptors (Lipinski definition) is 10. The van der Waals surface area contributed by atoms with Gasteiger partial charge in [-0.3, -0.25) is 4.90 Å². The Hall–Kier alpha value is -3.57. The van der Waals surface area contributed by atoms with Gasteiger partial charge in [-0.05, 0) is 37.4 Å². The number of nitrogens with one attached hydrogen (secondary N) is 1. The van der Waals surface area contributed by atoms with E-state index in [1.54, 1.807) is 0 Å². The molecule has 6 heterocycles. The Kier molecular flexibility index (Phi) is 6.20. The van der Waals surface area contributed by atoms with Crippen molar-refractivity contribution in [1.82, 2.24) is 20.2 Å². The number of nitrogen functional groups attached to an aromatic ring is 1. The highest BCUT2D eigenvalue weighted by Gasteiger charge is 2.61. The van der Waals surface area contributed by atoms with E-state index in [0.717, 1.165) is 50.2 Å². The molecule has 238 valence electrons. The van der Waals surface area contributed by atoms with Crippen LogP contribution in [0.5, 0.6) is 11.8 Å². The van der Waals surface area contributed by atoms with Gasteiger partial charge in [0, 0.05) is 48.5 Å². The van der Waals surface area contributed by atoms with Crippen LogP contribution in [-0.4, -0.2) is 78.6 Å². The van der Waals surface area contributed by atoms with Crippen molar-refractivity contribution in [2.75, 3.05) is 56.6 Å². The SMILES string of the molecule is N#Cc1c(N)sc2c(F)ccc(-c3c(Cl)c4c5c(nc(OC[C@@]67CCCN6C[C@H](F)C7)nc5c3F)N(C3CC35CNC5)CCO4)c12. The molecule has 2 aromatic carbocycles. The summed E-state index contributed by atoms with van der Waals surface area (Å²) in [6.07, 6.45) is 2.16. The minimum Gasteiger partial charge on any atom is -0.489 e. The standard InChI is InChI=1S/C32H29ClF3N7O2S/c33-23-21(16-2-3-18(35)27-20(16)17(10-37)28(38)46-27)24(36)25-22-26(23)44-7-6-43(19-9-31(19)12-39-13-31)29(22)41-30(40-25)45-14-32-4-1-5-42(32)11-15(34)8-32/h2-3,15,19,39H,1,4-9,11-14,38H2/t15-,19?,32+/m1/s1. The second-order valence-corrected chi connectivity index (χ2v) is 14.7. The number of nitrogens with zero attached hydrogens (tertiary/aromatic N) is 5. The van der Waals surface area contributed by atoms with Gasteiger partial charge in [-0.25, -0.2) is 13.2 Å². The fourth-order valence-electron chi connectivity index (χ4n) is 8.28. The predicted molar refractivity (Wildman–Crippen MR) is 170 cm³/mol. The molecule has 9 nitrogen and oxygen atoms in total. The molecular formula is C32H29ClF3N7O2S. The number of rotatable bonds is 5. The van der Waals surface area contributed by atoms with Gasteiger partial charge in [-0.15, -0.1) is 11.3 Å². The third kappa shape index (κ3) is 3.93. The number of hydrogen-bond donors (Lipinski definition) is 2. The summed E-state index contributed by atoms with van der Waals surface area (Å²) in [6.45, 7) is 3.89. The molecule has 1 spiro atoms. The van der Waals surface area contributed by atoms with Crippen molar-refractivity contribution < 1.29 is 22.6 Å². The van der Waals surface area contributed by atoms with Gasteiger partial charge in [0.05, 0.1) is 32.8 Å². The zero-order valence-corrected chi connectivity index (χ0v) is 26.2. The quantitative estimate of drug-likeness (QED) is 0.288. The molecule has 3 atom stereocenters. The Labute approximate surface area is 271 Å². The summed E-state index contributed by atoms with van der Waals surface area (Å²) in [5.41, 5.74) is 5.89. The average Bonchev–Trinajstić information content (AvgIpc) is 3.46. The summed E-state index contributed by atoms with van der Waals surface area (Å²) >= 11 is 7.94. The van der Waals surface area contributed by atoms with Crippen LogP contribution in [0.15, 0.2) is 12.1 Å². The molecule has 0 radical (unpaired) electrons. The topological polar surface area (TPSA) is 113 Å². The van der Waals surface area contributed by atoms with Gasteiger partial charge in [-0.2, -0.15) is 15.2 Å². The number of alkyl halides is 1. The van der Waals surface area contributed by atoms with Gasteiger partial charge in [0.1, 0.15) is 47.6 Å². The Morgan fingerprint density at radius 1 is 1.22 bits per heavy atom. The van der Waals surface area contributed by atoms with Crippen LogP contribution in [0.3, 0.4) is 0 Å². The van der Waals surface area contributed by atoms with Crippen LogP contribution < -0.4 is 25.4 Å². The molecule has 14 heteroatoms. The number of fused-ring (bicyclic) bond motifs is 2. The number of ether oxygens (including phenoxy) is 2. The third-order valence-electron chi connectivity index (χ3n) is 10.7. The van der Waals surface area contributed by atoms with E-state index < -0.39 is 23.3 Å². The van der Waals surface area contributed by atoms with Crippen LogP contribution in [0.1, 0.15) is 31.2 Å². The first-order chi connectivity index (χ1) is 22.2. The number of nitriles is 1. The molecule has 2 aromatic heterocycles. The number of anilines is 2. The summed E-state index contributed by atoms with van der Waals surface area (Å²) in [5.74, 6) is -0.656. The summed E-state index contributed by atoms with van der Waals surface area (Å²) in [4.78, 5) is 13.8. The molecule has 1 aliphatic carbocycles. The molecule has 3 saturated heterocycles. The minimum absolute atomic E-state index is 0.0146. The van der Waals surface area contributed by atoms with Crippen molar-refractivity contribution in [3.8, 4) is 29.0 Å². The number of thiophene rings is 1. The van der Waals surface area contributed by atoms with Gasteiger partial charge in [0.15, 0.2) is 11.6 Å². The smallest absolute Gasteiger partial charge is 0.319 e. The predicted octanol–water partition coefficient (Wildman–Crippen LogP) is 5.41. The van der Waals surface area contributed by atoms with E-state index in [9.17, 15) is 14.0 Å². The molecule has 4 aromatic rings. The zero-order valence-electron chi connectivity index (χ0n) is 24.6. The number of benzene rings is 2. The highest BCUT2D eigenvalue weighted by atomic mass is 35.5. The number of nitrogens with two attached hydrogens (primary N) is 1. The van der Waals surface area contributed by atoms with E-state index in [1.165, 1.54) is 12.1 Å². The number of aromatic nitrogens is 2. The maximum Gasteiger partial charge on any atom is 0.319 e. The molecule has 1 saturated carbocycles. The zero-order chi connectivity index (χ0) is 31.5. The van der Waals surface area contributed by atoms with Crippen LogP contribution in [0.25, 0.3) is 32.1 Å². The van der Waals surface area contributed by atoms with E-state index in [4.69, 9.17) is 31.8 Å². The van der Waals surface area contributed by atoms with Crippen LogP contribution in [0.2, 0.25) is 5.02 Å². The molecule has 0 amide bonds. The van der Waals surface area contributed by atoms with E-state index in [2.05, 4.69) is 20.1 Å². The van der Waals surface area contributed by atoms with Crippen LogP contribution in [-0.2, 0) is 0 Å². The highest BCUT2D eigenvalue weighted by molar-refractivity contribution is 7.23. The maximum atomic E-state index is 17.1.